The summed E-state index contributed by atoms with van der Waals surface area (Å²) >= 11 is 0. The molecule has 1 fully saturated rings. The van der Waals surface area contributed by atoms with E-state index in [0.717, 1.165) is 32.1 Å². The Morgan fingerprint density at radius 1 is 1.15 bits per heavy atom. The highest BCUT2D eigenvalue weighted by molar-refractivity contribution is 7.90. The van der Waals surface area contributed by atoms with Crippen LogP contribution in [-0.2, 0) is 9.84 Å². The number of benzene rings is 2. The largest absolute Gasteiger partial charge is 0.364 e. The van der Waals surface area contributed by atoms with Gasteiger partial charge in [-0.3, -0.25) is 10.1 Å². The Morgan fingerprint density at radius 3 is 2.56 bits per heavy atom. The molecule has 2 aromatic carbocycles. The van der Waals surface area contributed by atoms with Crippen molar-refractivity contribution < 1.29 is 13.3 Å². The van der Waals surface area contributed by atoms with Crippen molar-refractivity contribution in [3.05, 3.63) is 63.2 Å². The molecule has 7 heteroatoms. The third kappa shape index (κ3) is 3.83. The van der Waals surface area contributed by atoms with Crippen molar-refractivity contribution in [1.29, 1.82) is 0 Å². The van der Waals surface area contributed by atoms with Gasteiger partial charge in [0, 0.05) is 24.6 Å². The van der Waals surface area contributed by atoms with Gasteiger partial charge in [0.2, 0.25) is 0 Å². The fourth-order valence-corrected chi connectivity index (χ4v) is 4.67. The predicted octanol–water partition coefficient (Wildman–Crippen LogP) is 4.35. The molecule has 1 saturated heterocycles. The molecule has 1 heterocycles. The van der Waals surface area contributed by atoms with E-state index >= 15 is 0 Å². The van der Waals surface area contributed by atoms with Gasteiger partial charge < -0.3 is 4.90 Å². The van der Waals surface area contributed by atoms with Gasteiger partial charge in [-0.05, 0) is 61.9 Å². The van der Waals surface area contributed by atoms with Crippen LogP contribution in [0.3, 0.4) is 0 Å². The smallest absolute Gasteiger partial charge is 0.290 e. The molecule has 0 unspecified atom stereocenters. The van der Waals surface area contributed by atoms with Crippen molar-refractivity contribution in [2.45, 2.75) is 44.0 Å². The lowest BCUT2D eigenvalue weighted by Gasteiger charge is -2.38. The molecule has 6 nitrogen and oxygen atoms in total. The minimum Gasteiger partial charge on any atom is -0.364 e. The Labute approximate surface area is 159 Å². The van der Waals surface area contributed by atoms with E-state index in [4.69, 9.17) is 0 Å². The van der Waals surface area contributed by atoms with E-state index in [1.807, 2.05) is 6.07 Å². The molecule has 1 aliphatic rings. The molecule has 1 aliphatic heterocycles. The Morgan fingerprint density at radius 2 is 1.89 bits per heavy atom. The van der Waals surface area contributed by atoms with E-state index in [-0.39, 0.29) is 16.6 Å². The van der Waals surface area contributed by atoms with Crippen molar-refractivity contribution in [3.63, 3.8) is 0 Å². The lowest BCUT2D eigenvalue weighted by Crippen LogP contribution is -2.34. The molecule has 144 valence electrons. The lowest BCUT2D eigenvalue weighted by atomic mass is 9.90. The molecule has 3 rings (SSSR count). The fraction of sp³-hybridized carbons (Fsp3) is 0.400. The summed E-state index contributed by atoms with van der Waals surface area (Å²) in [5.74, 6) is 0. The third-order valence-corrected chi connectivity index (χ3v) is 6.52. The van der Waals surface area contributed by atoms with Crippen LogP contribution in [0.15, 0.2) is 41.3 Å². The highest BCUT2D eigenvalue weighted by Gasteiger charge is 2.29. The van der Waals surface area contributed by atoms with Crippen LogP contribution in [0, 0.1) is 24.0 Å². The fourth-order valence-electron chi connectivity index (χ4n) is 3.84. The summed E-state index contributed by atoms with van der Waals surface area (Å²) in [5, 5.41) is 11.5. The zero-order chi connectivity index (χ0) is 19.8. The molecule has 0 aliphatic carbocycles. The van der Waals surface area contributed by atoms with Crippen LogP contribution in [0.5, 0.6) is 0 Å². The number of piperidine rings is 1. The summed E-state index contributed by atoms with van der Waals surface area (Å²) in [6.07, 6.45) is 4.06. The summed E-state index contributed by atoms with van der Waals surface area (Å²) in [5.41, 5.74) is 4.01. The average molecular weight is 388 g/mol. The average Bonchev–Trinajstić information content (AvgIpc) is 2.63. The second-order valence-corrected chi connectivity index (χ2v) is 9.16. The van der Waals surface area contributed by atoms with E-state index < -0.39 is 14.8 Å². The molecule has 0 saturated carbocycles. The van der Waals surface area contributed by atoms with Crippen LogP contribution in [0.1, 0.15) is 42.0 Å². The predicted molar refractivity (Wildman–Crippen MR) is 106 cm³/mol. The first kappa shape index (κ1) is 19.4. The minimum atomic E-state index is -3.66. The highest BCUT2D eigenvalue weighted by atomic mass is 32.2. The quantitative estimate of drug-likeness (QED) is 0.575. The second-order valence-electron chi connectivity index (χ2n) is 7.18. The van der Waals surface area contributed by atoms with Crippen molar-refractivity contribution >= 4 is 21.2 Å². The summed E-state index contributed by atoms with van der Waals surface area (Å²) in [6.45, 7) is 4.97. The van der Waals surface area contributed by atoms with Gasteiger partial charge in [-0.2, -0.15) is 0 Å². The Hall–Kier alpha value is -2.41. The standard InChI is InChI=1S/C20H24N2O4S/c1-14-7-6-8-17(15(14)2)18-9-4-5-12-21(18)16-10-11-20(27(3,25)26)19(13-16)22(23)24/h6-8,10-11,13,18H,4-5,9,12H2,1-3H3/t18-/m0/s1. The molecule has 0 aromatic heterocycles. The van der Waals surface area contributed by atoms with Crippen molar-refractivity contribution in [2.24, 2.45) is 0 Å². The molecular formula is C20H24N2O4S. The third-order valence-electron chi connectivity index (χ3n) is 5.38. The summed E-state index contributed by atoms with van der Waals surface area (Å²) < 4.78 is 23.8. The molecule has 0 spiro atoms. The van der Waals surface area contributed by atoms with Crippen LogP contribution in [0.4, 0.5) is 11.4 Å². The number of nitrogens with zero attached hydrogens (tertiary/aromatic N) is 2. The van der Waals surface area contributed by atoms with Gasteiger partial charge in [0.05, 0.1) is 11.0 Å². The minimum absolute atomic E-state index is 0.127. The van der Waals surface area contributed by atoms with Gasteiger partial charge in [0.1, 0.15) is 4.90 Å². The maximum absolute atomic E-state index is 11.9. The van der Waals surface area contributed by atoms with Crippen LogP contribution in [0.2, 0.25) is 0 Å². The van der Waals surface area contributed by atoms with Crippen molar-refractivity contribution in [2.75, 3.05) is 17.7 Å². The Kier molecular flexibility index (Phi) is 5.24. The maximum Gasteiger partial charge on any atom is 0.290 e. The second kappa shape index (κ2) is 7.31. The first-order valence-electron chi connectivity index (χ1n) is 9.01. The van der Waals surface area contributed by atoms with Gasteiger partial charge in [-0.1, -0.05) is 18.2 Å². The normalized spacial score (nSPS) is 17.7. The molecule has 0 bridgehead atoms. The number of rotatable bonds is 4. The van der Waals surface area contributed by atoms with Gasteiger partial charge >= 0.3 is 0 Å². The molecule has 0 N–H and O–H groups in total. The van der Waals surface area contributed by atoms with Crippen LogP contribution in [-0.4, -0.2) is 26.1 Å². The SMILES string of the molecule is Cc1cccc([C@@H]2CCCCN2c2ccc(S(C)(=O)=O)c([N+](=O)[O-])c2)c1C. The van der Waals surface area contributed by atoms with Crippen LogP contribution in [0.25, 0.3) is 0 Å². The van der Waals surface area contributed by atoms with Crippen molar-refractivity contribution in [1.82, 2.24) is 0 Å². The summed E-state index contributed by atoms with van der Waals surface area (Å²) in [7, 11) is -3.66. The van der Waals surface area contributed by atoms with E-state index in [1.165, 1.54) is 28.8 Å². The first-order valence-corrected chi connectivity index (χ1v) is 10.9. The maximum atomic E-state index is 11.9. The monoisotopic (exact) mass is 388 g/mol. The summed E-state index contributed by atoms with van der Waals surface area (Å²) in [6, 6.07) is 10.8. The number of nitro groups is 1. The number of aryl methyl sites for hydroxylation is 1. The highest BCUT2D eigenvalue weighted by Crippen LogP contribution is 2.39. The molecule has 1 atom stereocenters. The molecule has 0 radical (unpaired) electrons. The number of sulfone groups is 1. The topological polar surface area (TPSA) is 80.5 Å². The number of nitro benzene ring substituents is 1. The van der Waals surface area contributed by atoms with Crippen molar-refractivity contribution in [3.8, 4) is 0 Å². The Balaban J connectivity index is 2.09. The molecule has 2 aromatic rings. The first-order chi connectivity index (χ1) is 12.7. The molecule has 27 heavy (non-hydrogen) atoms. The summed E-state index contributed by atoms with van der Waals surface area (Å²) in [4.78, 5) is 12.8. The Bertz CT molecular complexity index is 985. The molecule has 0 amide bonds. The van der Waals surface area contributed by atoms with Gasteiger partial charge in [0.15, 0.2) is 9.84 Å². The van der Waals surface area contributed by atoms with Gasteiger partial charge in [0.25, 0.3) is 5.69 Å². The molecular weight excluding hydrogens is 364 g/mol. The van der Waals surface area contributed by atoms with Crippen LogP contribution >= 0.6 is 0 Å². The number of anilines is 1. The van der Waals surface area contributed by atoms with Gasteiger partial charge in [-0.15, -0.1) is 0 Å². The van der Waals surface area contributed by atoms with Crippen LogP contribution < -0.4 is 4.90 Å². The van der Waals surface area contributed by atoms with Gasteiger partial charge in [-0.25, -0.2) is 8.42 Å². The van der Waals surface area contributed by atoms with E-state index in [9.17, 15) is 18.5 Å². The zero-order valence-electron chi connectivity index (χ0n) is 15.8. The van der Waals surface area contributed by atoms with E-state index in [0.29, 0.717) is 5.69 Å². The number of hydrogen-bond donors (Lipinski definition) is 0. The van der Waals surface area contributed by atoms with E-state index in [2.05, 4.69) is 30.9 Å². The zero-order valence-corrected chi connectivity index (χ0v) is 16.6. The number of hydrogen-bond acceptors (Lipinski definition) is 5. The lowest BCUT2D eigenvalue weighted by molar-refractivity contribution is -0.387. The van der Waals surface area contributed by atoms with E-state index in [1.54, 1.807) is 6.07 Å².